The van der Waals surface area contributed by atoms with Crippen LogP contribution >= 0.6 is 11.6 Å². The van der Waals surface area contributed by atoms with Crippen molar-refractivity contribution in [2.75, 3.05) is 5.73 Å². The highest BCUT2D eigenvalue weighted by molar-refractivity contribution is 6.31. The third-order valence-corrected chi connectivity index (χ3v) is 2.96. The monoisotopic (exact) mass is 312 g/mol. The zero-order chi connectivity index (χ0) is 15.6. The van der Waals surface area contributed by atoms with Gasteiger partial charge in [0.05, 0.1) is 16.3 Å². The van der Waals surface area contributed by atoms with E-state index in [-0.39, 0.29) is 27.8 Å². The van der Waals surface area contributed by atoms with Gasteiger partial charge in [-0.15, -0.1) is 0 Å². The van der Waals surface area contributed by atoms with Crippen molar-refractivity contribution in [2.45, 2.75) is 6.18 Å². The molecule has 21 heavy (non-hydrogen) atoms. The van der Waals surface area contributed by atoms with Crippen molar-refractivity contribution in [3.05, 3.63) is 52.5 Å². The van der Waals surface area contributed by atoms with Crippen molar-refractivity contribution < 1.29 is 17.9 Å². The van der Waals surface area contributed by atoms with E-state index < -0.39 is 11.7 Å². The number of ether oxygens (including phenoxy) is 1. The standard InChI is InChI=1S/C14H8ClF3N2O/c15-10-2-1-3-12(9(10)7-19)21-13-5-4-8(6-11(13)20)14(16,17)18/h1-6H,20H2. The van der Waals surface area contributed by atoms with E-state index in [0.29, 0.717) is 0 Å². The van der Waals surface area contributed by atoms with E-state index in [1.807, 2.05) is 6.07 Å². The largest absolute Gasteiger partial charge is 0.454 e. The maximum atomic E-state index is 12.5. The topological polar surface area (TPSA) is 59.0 Å². The predicted octanol–water partition coefficient (Wildman–Crippen LogP) is 4.60. The zero-order valence-electron chi connectivity index (χ0n) is 10.4. The smallest absolute Gasteiger partial charge is 0.416 e. The number of halogens is 4. The molecule has 0 bridgehead atoms. The Kier molecular flexibility index (Phi) is 3.96. The van der Waals surface area contributed by atoms with Crippen LogP contribution < -0.4 is 10.5 Å². The van der Waals surface area contributed by atoms with Crippen LogP contribution in [-0.4, -0.2) is 0 Å². The number of alkyl halides is 3. The maximum absolute atomic E-state index is 12.5. The predicted molar refractivity (Wildman–Crippen MR) is 72.1 cm³/mol. The fourth-order valence-electron chi connectivity index (χ4n) is 1.63. The van der Waals surface area contributed by atoms with Gasteiger partial charge in [-0.25, -0.2) is 0 Å². The van der Waals surface area contributed by atoms with Crippen LogP contribution in [0.1, 0.15) is 11.1 Å². The molecule has 2 aromatic rings. The van der Waals surface area contributed by atoms with E-state index in [1.165, 1.54) is 12.1 Å². The Labute approximate surface area is 123 Å². The van der Waals surface area contributed by atoms with Crippen LogP contribution in [-0.2, 0) is 6.18 Å². The summed E-state index contributed by atoms with van der Waals surface area (Å²) in [5.74, 6) is 0.137. The zero-order valence-corrected chi connectivity index (χ0v) is 11.2. The highest BCUT2D eigenvalue weighted by Crippen LogP contribution is 2.36. The molecule has 2 rings (SSSR count). The molecule has 0 aliphatic heterocycles. The van der Waals surface area contributed by atoms with Crippen molar-refractivity contribution in [1.29, 1.82) is 5.26 Å². The summed E-state index contributed by atoms with van der Waals surface area (Å²) in [7, 11) is 0. The molecule has 0 radical (unpaired) electrons. The number of nitriles is 1. The molecule has 2 aromatic carbocycles. The third kappa shape index (κ3) is 3.20. The Morgan fingerprint density at radius 1 is 1.14 bits per heavy atom. The van der Waals surface area contributed by atoms with Gasteiger partial charge < -0.3 is 10.5 Å². The fraction of sp³-hybridized carbons (Fsp3) is 0.0714. The second-order valence-corrected chi connectivity index (χ2v) is 4.48. The average Bonchev–Trinajstić information content (AvgIpc) is 2.40. The number of rotatable bonds is 2. The van der Waals surface area contributed by atoms with Gasteiger partial charge in [0.15, 0.2) is 0 Å². The summed E-state index contributed by atoms with van der Waals surface area (Å²) in [6, 6.07) is 9.11. The Balaban J connectivity index is 2.38. The number of benzene rings is 2. The first-order valence-corrected chi connectivity index (χ1v) is 6.04. The molecule has 0 heterocycles. The van der Waals surface area contributed by atoms with Crippen molar-refractivity contribution >= 4 is 17.3 Å². The summed E-state index contributed by atoms with van der Waals surface area (Å²) >= 11 is 5.84. The molecule has 0 amide bonds. The number of hydrogen-bond acceptors (Lipinski definition) is 3. The molecular formula is C14H8ClF3N2O. The number of nitrogen functional groups attached to an aromatic ring is 1. The van der Waals surface area contributed by atoms with Crippen molar-refractivity contribution in [3.63, 3.8) is 0 Å². The van der Waals surface area contributed by atoms with Gasteiger partial charge in [-0.05, 0) is 30.3 Å². The maximum Gasteiger partial charge on any atom is 0.416 e. The van der Waals surface area contributed by atoms with E-state index in [1.54, 1.807) is 6.07 Å². The lowest BCUT2D eigenvalue weighted by Crippen LogP contribution is -2.06. The van der Waals surface area contributed by atoms with E-state index in [4.69, 9.17) is 27.3 Å². The van der Waals surface area contributed by atoms with Gasteiger partial charge >= 0.3 is 6.18 Å². The molecule has 0 aromatic heterocycles. The van der Waals surface area contributed by atoms with Crippen LogP contribution in [0.3, 0.4) is 0 Å². The summed E-state index contributed by atoms with van der Waals surface area (Å²) < 4.78 is 43.0. The number of anilines is 1. The van der Waals surface area contributed by atoms with Gasteiger partial charge in [-0.1, -0.05) is 17.7 Å². The summed E-state index contributed by atoms with van der Waals surface area (Å²) in [4.78, 5) is 0. The molecule has 7 heteroatoms. The van der Waals surface area contributed by atoms with Crippen LogP contribution in [0.5, 0.6) is 11.5 Å². The first kappa shape index (κ1) is 15.0. The van der Waals surface area contributed by atoms with Crippen molar-refractivity contribution in [2.24, 2.45) is 0 Å². The van der Waals surface area contributed by atoms with Crippen LogP contribution in [0.2, 0.25) is 5.02 Å². The van der Waals surface area contributed by atoms with Gasteiger partial charge in [-0.2, -0.15) is 18.4 Å². The van der Waals surface area contributed by atoms with E-state index in [2.05, 4.69) is 0 Å². The number of nitrogens with two attached hydrogens (primary N) is 1. The molecule has 0 aliphatic carbocycles. The molecular weight excluding hydrogens is 305 g/mol. The Bertz CT molecular complexity index is 723. The molecule has 0 saturated heterocycles. The molecule has 0 atom stereocenters. The highest BCUT2D eigenvalue weighted by atomic mass is 35.5. The minimum Gasteiger partial charge on any atom is -0.454 e. The van der Waals surface area contributed by atoms with Crippen molar-refractivity contribution in [1.82, 2.24) is 0 Å². The SMILES string of the molecule is N#Cc1c(Cl)cccc1Oc1ccc(C(F)(F)F)cc1N. The second-order valence-electron chi connectivity index (χ2n) is 4.08. The van der Waals surface area contributed by atoms with Crippen LogP contribution in [0.4, 0.5) is 18.9 Å². The Morgan fingerprint density at radius 3 is 2.43 bits per heavy atom. The molecule has 0 saturated carbocycles. The molecule has 0 aliphatic rings. The van der Waals surface area contributed by atoms with Gasteiger partial charge in [-0.3, -0.25) is 0 Å². The van der Waals surface area contributed by atoms with Crippen molar-refractivity contribution in [3.8, 4) is 17.6 Å². The normalized spacial score (nSPS) is 11.0. The summed E-state index contributed by atoms with van der Waals surface area (Å²) in [6.07, 6.45) is -4.49. The number of hydrogen-bond donors (Lipinski definition) is 1. The molecule has 0 spiro atoms. The average molecular weight is 313 g/mol. The Hall–Kier alpha value is -2.39. The summed E-state index contributed by atoms with van der Waals surface area (Å²) in [6.45, 7) is 0. The van der Waals surface area contributed by atoms with Crippen LogP contribution in [0.15, 0.2) is 36.4 Å². The Morgan fingerprint density at radius 2 is 1.86 bits per heavy atom. The minimum atomic E-state index is -4.49. The lowest BCUT2D eigenvalue weighted by molar-refractivity contribution is -0.137. The van der Waals surface area contributed by atoms with E-state index >= 15 is 0 Å². The second kappa shape index (κ2) is 5.54. The molecule has 0 unspecified atom stereocenters. The highest BCUT2D eigenvalue weighted by Gasteiger charge is 2.31. The summed E-state index contributed by atoms with van der Waals surface area (Å²) in [5, 5.41) is 9.18. The quantitative estimate of drug-likeness (QED) is 0.824. The van der Waals surface area contributed by atoms with Crippen LogP contribution in [0, 0.1) is 11.3 Å². The fourth-order valence-corrected chi connectivity index (χ4v) is 1.84. The first-order valence-electron chi connectivity index (χ1n) is 5.66. The van der Waals surface area contributed by atoms with Gasteiger partial charge in [0, 0.05) is 0 Å². The molecule has 2 N–H and O–H groups in total. The van der Waals surface area contributed by atoms with Gasteiger partial charge in [0.1, 0.15) is 23.1 Å². The van der Waals surface area contributed by atoms with Gasteiger partial charge in [0.25, 0.3) is 0 Å². The summed E-state index contributed by atoms with van der Waals surface area (Å²) in [5.41, 5.74) is 4.57. The first-order chi connectivity index (χ1) is 9.82. The van der Waals surface area contributed by atoms with Gasteiger partial charge in [0.2, 0.25) is 0 Å². The molecule has 3 nitrogen and oxygen atoms in total. The number of nitrogens with zero attached hydrogens (tertiary/aromatic N) is 1. The lowest BCUT2D eigenvalue weighted by Gasteiger charge is -2.13. The molecule has 0 fully saturated rings. The lowest BCUT2D eigenvalue weighted by atomic mass is 10.1. The van der Waals surface area contributed by atoms with E-state index in [0.717, 1.165) is 18.2 Å². The molecule has 108 valence electrons. The van der Waals surface area contributed by atoms with Crippen LogP contribution in [0.25, 0.3) is 0 Å². The van der Waals surface area contributed by atoms with E-state index in [9.17, 15) is 13.2 Å². The third-order valence-electron chi connectivity index (χ3n) is 2.64. The minimum absolute atomic E-state index is 0.0155.